The molecular formula is C27H24ClN3O3. The smallest absolute Gasteiger partial charge is 0.271 e. The fourth-order valence-electron chi connectivity index (χ4n) is 3.40. The predicted molar refractivity (Wildman–Crippen MR) is 133 cm³/mol. The predicted octanol–water partition coefficient (Wildman–Crippen LogP) is 5.00. The number of carbonyl (C=O) groups excluding carboxylic acids is 1. The zero-order valence-corrected chi connectivity index (χ0v) is 19.4. The first kappa shape index (κ1) is 23.3. The number of benzene rings is 3. The maximum Gasteiger partial charge on any atom is 0.271 e. The number of nitrogens with zero attached hydrogens (tertiary/aromatic N) is 2. The molecule has 0 aliphatic heterocycles. The molecule has 1 heterocycles. The van der Waals surface area contributed by atoms with Crippen LogP contribution in [-0.4, -0.2) is 22.2 Å². The number of nitrogens with one attached hydrogen (secondary N) is 1. The van der Waals surface area contributed by atoms with E-state index in [0.717, 1.165) is 5.56 Å². The molecule has 1 N–H and O–H groups in total. The zero-order chi connectivity index (χ0) is 23.9. The van der Waals surface area contributed by atoms with Crippen LogP contribution in [0.5, 0.6) is 5.88 Å². The second-order valence-electron chi connectivity index (χ2n) is 7.91. The van der Waals surface area contributed by atoms with Gasteiger partial charge >= 0.3 is 0 Å². The van der Waals surface area contributed by atoms with E-state index in [1.54, 1.807) is 36.4 Å². The van der Waals surface area contributed by atoms with E-state index in [0.29, 0.717) is 35.3 Å². The van der Waals surface area contributed by atoms with E-state index in [-0.39, 0.29) is 17.4 Å². The van der Waals surface area contributed by atoms with E-state index in [1.807, 2.05) is 42.5 Å². The van der Waals surface area contributed by atoms with E-state index >= 15 is 0 Å². The van der Waals surface area contributed by atoms with Crippen molar-refractivity contribution in [3.05, 3.63) is 123 Å². The van der Waals surface area contributed by atoms with Crippen molar-refractivity contribution in [1.29, 1.82) is 0 Å². The fraction of sp³-hybridized carbons (Fsp3) is 0.148. The van der Waals surface area contributed by atoms with Gasteiger partial charge in [-0.25, -0.2) is 0 Å². The molecule has 7 heteroatoms. The van der Waals surface area contributed by atoms with Crippen molar-refractivity contribution in [2.24, 2.45) is 0 Å². The Morgan fingerprint density at radius 2 is 1.68 bits per heavy atom. The van der Waals surface area contributed by atoms with Crippen molar-refractivity contribution in [3.8, 4) is 11.6 Å². The summed E-state index contributed by atoms with van der Waals surface area (Å²) < 4.78 is 6.97. The van der Waals surface area contributed by atoms with Gasteiger partial charge in [0.1, 0.15) is 6.61 Å². The summed E-state index contributed by atoms with van der Waals surface area (Å²) in [7, 11) is 0. The zero-order valence-electron chi connectivity index (χ0n) is 18.6. The molecule has 6 nitrogen and oxygen atoms in total. The summed E-state index contributed by atoms with van der Waals surface area (Å²) in [4.78, 5) is 24.9. The van der Waals surface area contributed by atoms with Crippen LogP contribution in [0.15, 0.2) is 95.8 Å². The maximum absolute atomic E-state index is 12.6. The molecule has 1 atom stereocenters. The van der Waals surface area contributed by atoms with Gasteiger partial charge in [-0.1, -0.05) is 61.0 Å². The largest absolute Gasteiger partial charge is 0.472 e. The van der Waals surface area contributed by atoms with Crippen LogP contribution in [0, 0.1) is 0 Å². The van der Waals surface area contributed by atoms with Crippen molar-refractivity contribution in [3.63, 3.8) is 0 Å². The molecule has 0 aliphatic carbocycles. The Balaban J connectivity index is 1.40. The summed E-state index contributed by atoms with van der Waals surface area (Å²) in [5.41, 5.74) is 2.85. The molecule has 0 fully saturated rings. The first-order valence-corrected chi connectivity index (χ1v) is 11.3. The van der Waals surface area contributed by atoms with E-state index in [1.165, 1.54) is 22.4 Å². The van der Waals surface area contributed by atoms with Crippen LogP contribution < -0.4 is 15.6 Å². The van der Waals surface area contributed by atoms with Gasteiger partial charge in [-0.2, -0.15) is 4.68 Å². The van der Waals surface area contributed by atoms with Crippen molar-refractivity contribution in [2.45, 2.75) is 19.4 Å². The number of hydrogen-bond acceptors (Lipinski definition) is 4. The van der Waals surface area contributed by atoms with Crippen LogP contribution in [0.2, 0.25) is 5.02 Å². The Morgan fingerprint density at radius 3 is 2.38 bits per heavy atom. The van der Waals surface area contributed by atoms with Gasteiger partial charge in [0.15, 0.2) is 0 Å². The number of rotatable bonds is 8. The normalized spacial score (nSPS) is 11.6. The van der Waals surface area contributed by atoms with Crippen molar-refractivity contribution in [2.75, 3.05) is 6.54 Å². The minimum Gasteiger partial charge on any atom is -0.472 e. The van der Waals surface area contributed by atoms with Crippen LogP contribution in [0.1, 0.15) is 34.3 Å². The summed E-state index contributed by atoms with van der Waals surface area (Å²) in [5.74, 6) is 0.337. The highest BCUT2D eigenvalue weighted by Crippen LogP contribution is 2.15. The van der Waals surface area contributed by atoms with Crippen LogP contribution in [0.4, 0.5) is 0 Å². The third-order valence-corrected chi connectivity index (χ3v) is 5.64. The third kappa shape index (κ3) is 5.91. The molecule has 0 bridgehead atoms. The average molecular weight is 474 g/mol. The lowest BCUT2D eigenvalue weighted by molar-refractivity contribution is 0.0951. The van der Waals surface area contributed by atoms with Gasteiger partial charge in [0, 0.05) is 29.3 Å². The van der Waals surface area contributed by atoms with Crippen LogP contribution in [0.25, 0.3) is 5.69 Å². The Bertz CT molecular complexity index is 1300. The monoisotopic (exact) mass is 473 g/mol. The molecule has 0 saturated carbocycles. The highest BCUT2D eigenvalue weighted by atomic mass is 35.5. The number of ether oxygens (including phenoxy) is 1. The molecule has 0 radical (unpaired) electrons. The van der Waals surface area contributed by atoms with E-state index in [4.69, 9.17) is 16.3 Å². The summed E-state index contributed by atoms with van der Waals surface area (Å²) in [6.07, 6.45) is 0. The second-order valence-corrected chi connectivity index (χ2v) is 8.34. The Hall–Kier alpha value is -3.90. The summed E-state index contributed by atoms with van der Waals surface area (Å²) in [6, 6.07) is 27.0. The first-order chi connectivity index (χ1) is 16.5. The molecular weight excluding hydrogens is 450 g/mol. The van der Waals surface area contributed by atoms with Crippen LogP contribution in [-0.2, 0) is 6.61 Å². The highest BCUT2D eigenvalue weighted by Gasteiger charge is 2.11. The Kier molecular flexibility index (Phi) is 7.40. The summed E-state index contributed by atoms with van der Waals surface area (Å²) in [6.45, 7) is 2.89. The average Bonchev–Trinajstić information content (AvgIpc) is 2.88. The van der Waals surface area contributed by atoms with E-state index < -0.39 is 0 Å². The molecule has 4 rings (SSSR count). The molecule has 172 valence electrons. The minimum atomic E-state index is -0.298. The number of halogens is 1. The molecule has 0 saturated heterocycles. The standard InChI is InChI=1S/C27H24ClN3O3/c1-19(21-5-3-2-4-6-21)17-29-27(33)22-9-13-24(14-10-22)31-26(32)16-15-25(30-31)34-18-20-7-11-23(28)12-8-20/h2-16,19H,17-18H2,1H3,(H,29,33)/t19-/m1/s1. The number of amides is 1. The maximum atomic E-state index is 12.6. The fourth-order valence-corrected chi connectivity index (χ4v) is 3.52. The lowest BCUT2D eigenvalue weighted by Gasteiger charge is -2.13. The Morgan fingerprint density at radius 1 is 0.971 bits per heavy atom. The van der Waals surface area contributed by atoms with Crippen molar-refractivity contribution < 1.29 is 9.53 Å². The van der Waals surface area contributed by atoms with E-state index in [9.17, 15) is 9.59 Å². The van der Waals surface area contributed by atoms with Gasteiger partial charge in [-0.05, 0) is 53.4 Å². The quantitative estimate of drug-likeness (QED) is 0.391. The topological polar surface area (TPSA) is 73.2 Å². The second kappa shape index (κ2) is 10.8. The van der Waals surface area contributed by atoms with Gasteiger partial charge in [0.05, 0.1) is 5.69 Å². The number of carbonyl (C=O) groups is 1. The summed E-state index contributed by atoms with van der Waals surface area (Å²) in [5, 5.41) is 7.91. The molecule has 0 aliphatic rings. The molecule has 0 unspecified atom stereocenters. The molecule has 1 aromatic heterocycles. The minimum absolute atomic E-state index is 0.172. The Labute approximate surface area is 202 Å². The van der Waals surface area contributed by atoms with Crippen molar-refractivity contribution in [1.82, 2.24) is 15.1 Å². The first-order valence-electron chi connectivity index (χ1n) is 10.9. The van der Waals surface area contributed by atoms with E-state index in [2.05, 4.69) is 17.3 Å². The number of hydrogen-bond donors (Lipinski definition) is 1. The van der Waals surface area contributed by atoms with Gasteiger partial charge in [0.2, 0.25) is 5.88 Å². The molecule has 1 amide bonds. The molecule has 3 aromatic carbocycles. The van der Waals surface area contributed by atoms with Gasteiger partial charge in [-0.3, -0.25) is 9.59 Å². The molecule has 34 heavy (non-hydrogen) atoms. The van der Waals surface area contributed by atoms with Crippen LogP contribution >= 0.6 is 11.6 Å². The lowest BCUT2D eigenvalue weighted by Crippen LogP contribution is -2.27. The SMILES string of the molecule is C[C@H](CNC(=O)c1ccc(-n2nc(OCc3ccc(Cl)cc3)ccc2=O)cc1)c1ccccc1. The number of aromatic nitrogens is 2. The molecule has 4 aromatic rings. The third-order valence-electron chi connectivity index (χ3n) is 5.39. The van der Waals surface area contributed by atoms with Gasteiger partial charge in [-0.15, -0.1) is 5.10 Å². The van der Waals surface area contributed by atoms with Crippen LogP contribution in [0.3, 0.4) is 0 Å². The van der Waals surface area contributed by atoms with Gasteiger partial charge < -0.3 is 10.1 Å². The van der Waals surface area contributed by atoms with Gasteiger partial charge in [0.25, 0.3) is 11.5 Å². The van der Waals surface area contributed by atoms with Crippen molar-refractivity contribution >= 4 is 17.5 Å². The highest BCUT2D eigenvalue weighted by molar-refractivity contribution is 6.30. The lowest BCUT2D eigenvalue weighted by atomic mass is 10.0. The summed E-state index contributed by atoms with van der Waals surface area (Å²) >= 11 is 5.91. The molecule has 0 spiro atoms.